The van der Waals surface area contributed by atoms with Crippen molar-refractivity contribution in [1.29, 1.82) is 0 Å². The maximum absolute atomic E-state index is 5.55. The molecule has 0 saturated carbocycles. The molecule has 88 valence electrons. The Balaban J connectivity index is 2.26. The number of aromatic nitrogens is 2. The molecule has 4 heteroatoms. The minimum atomic E-state index is 0.705. The van der Waals surface area contributed by atoms with Crippen LogP contribution in [0.2, 0.25) is 0 Å². The SMILES string of the molecule is CCCOc1cncc(-c2cccc(Br)n2)c1. The Kier molecular flexibility index (Phi) is 4.09. The lowest BCUT2D eigenvalue weighted by atomic mass is 10.2. The van der Waals surface area contributed by atoms with Crippen LogP contribution in [-0.2, 0) is 0 Å². The molecule has 0 radical (unpaired) electrons. The molecule has 0 amide bonds. The monoisotopic (exact) mass is 292 g/mol. The van der Waals surface area contributed by atoms with Gasteiger partial charge in [-0.05, 0) is 40.5 Å². The number of hydrogen-bond donors (Lipinski definition) is 0. The third-order valence-electron chi connectivity index (χ3n) is 2.20. The van der Waals surface area contributed by atoms with Crippen molar-refractivity contribution in [3.05, 3.63) is 41.3 Å². The lowest BCUT2D eigenvalue weighted by molar-refractivity contribution is 0.316. The van der Waals surface area contributed by atoms with Crippen LogP contribution >= 0.6 is 15.9 Å². The molecule has 0 unspecified atom stereocenters. The highest BCUT2D eigenvalue weighted by molar-refractivity contribution is 9.10. The van der Waals surface area contributed by atoms with Gasteiger partial charge in [0, 0.05) is 11.8 Å². The molecule has 0 aliphatic heterocycles. The first-order chi connectivity index (χ1) is 8.29. The van der Waals surface area contributed by atoms with E-state index < -0.39 is 0 Å². The van der Waals surface area contributed by atoms with E-state index >= 15 is 0 Å². The maximum atomic E-state index is 5.55. The van der Waals surface area contributed by atoms with E-state index in [0.717, 1.165) is 28.0 Å². The Bertz CT molecular complexity index is 502. The second-order valence-corrected chi connectivity index (χ2v) is 4.42. The van der Waals surface area contributed by atoms with Gasteiger partial charge in [-0.2, -0.15) is 0 Å². The van der Waals surface area contributed by atoms with E-state index in [1.807, 2.05) is 24.3 Å². The summed E-state index contributed by atoms with van der Waals surface area (Å²) in [5, 5.41) is 0. The van der Waals surface area contributed by atoms with Crippen molar-refractivity contribution in [2.45, 2.75) is 13.3 Å². The van der Waals surface area contributed by atoms with E-state index in [2.05, 4.69) is 32.8 Å². The van der Waals surface area contributed by atoms with Crippen LogP contribution in [0.25, 0.3) is 11.3 Å². The van der Waals surface area contributed by atoms with Gasteiger partial charge >= 0.3 is 0 Å². The molecule has 0 fully saturated rings. The van der Waals surface area contributed by atoms with E-state index in [1.54, 1.807) is 12.4 Å². The average Bonchev–Trinajstić information content (AvgIpc) is 2.37. The Labute approximate surface area is 109 Å². The molecule has 0 saturated heterocycles. The molecule has 0 aromatic carbocycles. The topological polar surface area (TPSA) is 35.0 Å². The van der Waals surface area contributed by atoms with Gasteiger partial charge in [-0.1, -0.05) is 13.0 Å². The summed E-state index contributed by atoms with van der Waals surface area (Å²) >= 11 is 3.36. The minimum Gasteiger partial charge on any atom is -0.492 e. The van der Waals surface area contributed by atoms with Crippen molar-refractivity contribution < 1.29 is 4.74 Å². The van der Waals surface area contributed by atoms with E-state index in [0.29, 0.717) is 6.61 Å². The minimum absolute atomic E-state index is 0.705. The van der Waals surface area contributed by atoms with Gasteiger partial charge < -0.3 is 4.74 Å². The summed E-state index contributed by atoms with van der Waals surface area (Å²) in [4.78, 5) is 8.55. The molecule has 2 heterocycles. The van der Waals surface area contributed by atoms with Crippen LogP contribution in [0.15, 0.2) is 41.3 Å². The molecule has 2 aromatic rings. The van der Waals surface area contributed by atoms with Crippen LogP contribution in [0, 0.1) is 0 Å². The molecule has 0 aliphatic carbocycles. The molecule has 3 nitrogen and oxygen atoms in total. The van der Waals surface area contributed by atoms with Crippen LogP contribution in [0.5, 0.6) is 5.75 Å². The number of ether oxygens (including phenoxy) is 1. The Morgan fingerprint density at radius 2 is 2.18 bits per heavy atom. The number of hydrogen-bond acceptors (Lipinski definition) is 3. The van der Waals surface area contributed by atoms with Crippen molar-refractivity contribution in [2.24, 2.45) is 0 Å². The van der Waals surface area contributed by atoms with Gasteiger partial charge in [-0.15, -0.1) is 0 Å². The van der Waals surface area contributed by atoms with Gasteiger partial charge in [0.05, 0.1) is 18.5 Å². The van der Waals surface area contributed by atoms with Crippen molar-refractivity contribution in [1.82, 2.24) is 9.97 Å². The number of halogens is 1. The molecular weight excluding hydrogens is 280 g/mol. The lowest BCUT2D eigenvalue weighted by Crippen LogP contribution is -1.96. The second kappa shape index (κ2) is 5.77. The zero-order valence-electron chi connectivity index (χ0n) is 9.56. The van der Waals surface area contributed by atoms with Gasteiger partial charge in [-0.3, -0.25) is 4.98 Å². The summed E-state index contributed by atoms with van der Waals surface area (Å²) in [7, 11) is 0. The van der Waals surface area contributed by atoms with Gasteiger partial charge in [0.25, 0.3) is 0 Å². The third kappa shape index (κ3) is 3.27. The molecular formula is C13H13BrN2O. The number of rotatable bonds is 4. The molecule has 17 heavy (non-hydrogen) atoms. The van der Waals surface area contributed by atoms with Crippen LogP contribution in [0.3, 0.4) is 0 Å². The highest BCUT2D eigenvalue weighted by atomic mass is 79.9. The van der Waals surface area contributed by atoms with Crippen molar-refractivity contribution in [2.75, 3.05) is 6.61 Å². The van der Waals surface area contributed by atoms with Crippen LogP contribution < -0.4 is 4.74 Å². The summed E-state index contributed by atoms with van der Waals surface area (Å²) in [5.41, 5.74) is 1.84. The van der Waals surface area contributed by atoms with Gasteiger partial charge in [0.2, 0.25) is 0 Å². The third-order valence-corrected chi connectivity index (χ3v) is 2.64. The lowest BCUT2D eigenvalue weighted by Gasteiger charge is -2.06. The van der Waals surface area contributed by atoms with Gasteiger partial charge in [-0.25, -0.2) is 4.98 Å². The van der Waals surface area contributed by atoms with E-state index in [9.17, 15) is 0 Å². The van der Waals surface area contributed by atoms with Crippen molar-refractivity contribution in [3.8, 4) is 17.0 Å². The highest BCUT2D eigenvalue weighted by Crippen LogP contribution is 2.22. The first-order valence-corrected chi connectivity index (χ1v) is 6.29. The molecule has 0 aliphatic rings. The normalized spacial score (nSPS) is 10.2. The van der Waals surface area contributed by atoms with Crippen molar-refractivity contribution >= 4 is 15.9 Å². The molecule has 2 rings (SSSR count). The van der Waals surface area contributed by atoms with Crippen molar-refractivity contribution in [3.63, 3.8) is 0 Å². The van der Waals surface area contributed by atoms with E-state index in [-0.39, 0.29) is 0 Å². The van der Waals surface area contributed by atoms with Crippen LogP contribution in [0.4, 0.5) is 0 Å². The van der Waals surface area contributed by atoms with E-state index in [1.165, 1.54) is 0 Å². The first kappa shape index (κ1) is 12.0. The molecule has 0 N–H and O–H groups in total. The molecule has 2 aromatic heterocycles. The zero-order valence-corrected chi connectivity index (χ0v) is 11.1. The Hall–Kier alpha value is -1.42. The van der Waals surface area contributed by atoms with Crippen LogP contribution in [0.1, 0.15) is 13.3 Å². The summed E-state index contributed by atoms with van der Waals surface area (Å²) < 4.78 is 6.36. The van der Waals surface area contributed by atoms with Gasteiger partial charge in [0.1, 0.15) is 10.4 Å². The summed E-state index contributed by atoms with van der Waals surface area (Å²) in [6.07, 6.45) is 4.49. The highest BCUT2D eigenvalue weighted by Gasteiger charge is 2.02. The predicted molar refractivity (Wildman–Crippen MR) is 71.0 cm³/mol. The summed E-state index contributed by atoms with van der Waals surface area (Å²) in [6, 6.07) is 7.75. The quantitative estimate of drug-likeness (QED) is 0.806. The molecule has 0 spiro atoms. The summed E-state index contributed by atoms with van der Waals surface area (Å²) in [6.45, 7) is 2.78. The average molecular weight is 293 g/mol. The summed E-state index contributed by atoms with van der Waals surface area (Å²) in [5.74, 6) is 0.783. The fourth-order valence-electron chi connectivity index (χ4n) is 1.43. The number of pyridine rings is 2. The standard InChI is InChI=1S/C13H13BrN2O/c1-2-6-17-11-7-10(8-15-9-11)12-4-3-5-13(14)16-12/h3-5,7-9H,2,6H2,1H3. The maximum Gasteiger partial charge on any atom is 0.138 e. The van der Waals surface area contributed by atoms with Crippen LogP contribution in [-0.4, -0.2) is 16.6 Å². The van der Waals surface area contributed by atoms with E-state index in [4.69, 9.17) is 4.74 Å². The number of nitrogens with zero attached hydrogens (tertiary/aromatic N) is 2. The molecule has 0 bridgehead atoms. The first-order valence-electron chi connectivity index (χ1n) is 5.50. The van der Waals surface area contributed by atoms with Gasteiger partial charge in [0.15, 0.2) is 0 Å². The fraction of sp³-hybridized carbons (Fsp3) is 0.231. The zero-order chi connectivity index (χ0) is 12.1. The molecule has 0 atom stereocenters. The largest absolute Gasteiger partial charge is 0.492 e. The Morgan fingerprint density at radius 3 is 2.94 bits per heavy atom. The fourth-order valence-corrected chi connectivity index (χ4v) is 1.77. The smallest absolute Gasteiger partial charge is 0.138 e. The second-order valence-electron chi connectivity index (χ2n) is 3.60. The predicted octanol–water partition coefficient (Wildman–Crippen LogP) is 3.69. The Morgan fingerprint density at radius 1 is 1.29 bits per heavy atom.